The van der Waals surface area contributed by atoms with Gasteiger partial charge in [0.25, 0.3) is 0 Å². The van der Waals surface area contributed by atoms with Crippen molar-refractivity contribution in [2.75, 3.05) is 20.3 Å². The summed E-state index contributed by atoms with van der Waals surface area (Å²) in [5, 5.41) is 9.76. The Hall–Kier alpha value is -1.26. The molecule has 0 amide bonds. The molecule has 1 aromatic rings. The van der Waals surface area contributed by atoms with Crippen molar-refractivity contribution in [3.05, 3.63) is 23.8 Å². The molecule has 0 bridgehead atoms. The zero-order chi connectivity index (χ0) is 14.4. The molecule has 1 aliphatic heterocycles. The number of benzene rings is 1. The van der Waals surface area contributed by atoms with Crippen LogP contribution in [0.3, 0.4) is 0 Å². The van der Waals surface area contributed by atoms with Crippen molar-refractivity contribution < 1.29 is 19.3 Å². The molecule has 1 heterocycles. The van der Waals surface area contributed by atoms with E-state index in [0.717, 1.165) is 37.2 Å². The van der Waals surface area contributed by atoms with Crippen LogP contribution in [0.25, 0.3) is 0 Å². The van der Waals surface area contributed by atoms with Gasteiger partial charge in [-0.05, 0) is 44.7 Å². The first kappa shape index (κ1) is 15.1. The van der Waals surface area contributed by atoms with Crippen molar-refractivity contribution in [2.45, 2.75) is 44.8 Å². The van der Waals surface area contributed by atoms with E-state index in [0.29, 0.717) is 18.5 Å². The van der Waals surface area contributed by atoms with Crippen molar-refractivity contribution in [1.29, 1.82) is 0 Å². The van der Waals surface area contributed by atoms with E-state index in [9.17, 15) is 5.11 Å². The summed E-state index contributed by atoms with van der Waals surface area (Å²) >= 11 is 0. The predicted molar refractivity (Wildman–Crippen MR) is 77.3 cm³/mol. The molecule has 0 saturated carbocycles. The normalized spacial score (nSPS) is 19.9. The molecule has 2 rings (SSSR count). The van der Waals surface area contributed by atoms with E-state index < -0.39 is 6.10 Å². The average molecular weight is 280 g/mol. The third-order valence-corrected chi connectivity index (χ3v) is 3.62. The van der Waals surface area contributed by atoms with E-state index in [2.05, 4.69) is 0 Å². The fourth-order valence-electron chi connectivity index (χ4n) is 2.48. The minimum atomic E-state index is -0.547. The van der Waals surface area contributed by atoms with Crippen molar-refractivity contribution in [3.63, 3.8) is 0 Å². The average Bonchev–Trinajstić information content (AvgIpc) is 2.96. The van der Waals surface area contributed by atoms with Gasteiger partial charge in [0.1, 0.15) is 11.5 Å². The van der Waals surface area contributed by atoms with Crippen LogP contribution >= 0.6 is 0 Å². The second kappa shape index (κ2) is 7.50. The van der Waals surface area contributed by atoms with Gasteiger partial charge in [0.15, 0.2) is 0 Å². The van der Waals surface area contributed by atoms with Gasteiger partial charge in [-0.2, -0.15) is 0 Å². The van der Waals surface area contributed by atoms with Gasteiger partial charge in [-0.25, -0.2) is 0 Å². The highest BCUT2D eigenvalue weighted by Crippen LogP contribution is 2.29. The molecule has 1 N–H and O–H groups in total. The summed E-state index contributed by atoms with van der Waals surface area (Å²) in [7, 11) is 1.62. The number of hydrogen-bond acceptors (Lipinski definition) is 4. The monoisotopic (exact) mass is 280 g/mol. The third kappa shape index (κ3) is 4.12. The van der Waals surface area contributed by atoms with Crippen LogP contribution in [-0.4, -0.2) is 31.5 Å². The standard InChI is InChI=1S/C16H24O4/c1-12(17)15-8-7-14(18-2)11-16(15)20-10-4-6-13-5-3-9-19-13/h7-8,11-13,17H,3-6,9-10H2,1-2H3. The summed E-state index contributed by atoms with van der Waals surface area (Å²) in [6.07, 6.45) is 4.19. The summed E-state index contributed by atoms with van der Waals surface area (Å²) < 4.78 is 16.6. The number of rotatable bonds is 7. The highest BCUT2D eigenvalue weighted by molar-refractivity contribution is 5.41. The fraction of sp³-hybridized carbons (Fsp3) is 0.625. The lowest BCUT2D eigenvalue weighted by Crippen LogP contribution is -2.08. The topological polar surface area (TPSA) is 47.9 Å². The van der Waals surface area contributed by atoms with Crippen molar-refractivity contribution in [3.8, 4) is 11.5 Å². The summed E-state index contributed by atoms with van der Waals surface area (Å²) in [5.41, 5.74) is 0.794. The number of methoxy groups -OCH3 is 1. The number of hydrogen-bond donors (Lipinski definition) is 1. The SMILES string of the molecule is COc1ccc(C(C)O)c(OCCCC2CCCO2)c1. The predicted octanol–water partition coefficient (Wildman–Crippen LogP) is 3.09. The molecule has 2 atom stereocenters. The van der Waals surface area contributed by atoms with Crippen LogP contribution in [-0.2, 0) is 4.74 Å². The molecule has 1 aliphatic rings. The summed E-state index contributed by atoms with van der Waals surface area (Å²) in [6.45, 7) is 3.27. The molecule has 4 heteroatoms. The van der Waals surface area contributed by atoms with Gasteiger partial charge in [0.2, 0.25) is 0 Å². The van der Waals surface area contributed by atoms with E-state index in [1.807, 2.05) is 18.2 Å². The molecule has 112 valence electrons. The Morgan fingerprint density at radius 2 is 2.30 bits per heavy atom. The van der Waals surface area contributed by atoms with Crippen LogP contribution in [0.5, 0.6) is 11.5 Å². The van der Waals surface area contributed by atoms with Crippen LogP contribution in [0.1, 0.15) is 44.3 Å². The Balaban J connectivity index is 1.86. The van der Waals surface area contributed by atoms with E-state index in [4.69, 9.17) is 14.2 Å². The molecule has 20 heavy (non-hydrogen) atoms. The molecule has 4 nitrogen and oxygen atoms in total. The van der Waals surface area contributed by atoms with Gasteiger partial charge >= 0.3 is 0 Å². The molecule has 0 radical (unpaired) electrons. The molecular weight excluding hydrogens is 256 g/mol. The second-order valence-corrected chi connectivity index (χ2v) is 5.21. The van der Waals surface area contributed by atoms with Crippen LogP contribution in [0, 0.1) is 0 Å². The zero-order valence-corrected chi connectivity index (χ0v) is 12.3. The van der Waals surface area contributed by atoms with E-state index >= 15 is 0 Å². The largest absolute Gasteiger partial charge is 0.497 e. The summed E-state index contributed by atoms with van der Waals surface area (Å²) in [5.74, 6) is 1.44. The zero-order valence-electron chi connectivity index (χ0n) is 12.3. The number of ether oxygens (including phenoxy) is 3. The summed E-state index contributed by atoms with van der Waals surface area (Å²) in [4.78, 5) is 0. The minimum Gasteiger partial charge on any atom is -0.497 e. The smallest absolute Gasteiger partial charge is 0.128 e. The van der Waals surface area contributed by atoms with Crippen LogP contribution in [0.15, 0.2) is 18.2 Å². The Morgan fingerprint density at radius 3 is 2.95 bits per heavy atom. The lowest BCUT2D eigenvalue weighted by molar-refractivity contribution is 0.0978. The summed E-state index contributed by atoms with van der Waals surface area (Å²) in [6, 6.07) is 5.51. The third-order valence-electron chi connectivity index (χ3n) is 3.62. The van der Waals surface area contributed by atoms with Crippen LogP contribution < -0.4 is 9.47 Å². The van der Waals surface area contributed by atoms with Gasteiger partial charge in [-0.3, -0.25) is 0 Å². The maximum absolute atomic E-state index is 9.76. The van der Waals surface area contributed by atoms with Gasteiger partial charge < -0.3 is 19.3 Å². The first-order valence-corrected chi connectivity index (χ1v) is 7.31. The quantitative estimate of drug-likeness (QED) is 0.780. The van der Waals surface area contributed by atoms with E-state index in [1.54, 1.807) is 14.0 Å². The maximum atomic E-state index is 9.76. The molecular formula is C16H24O4. The van der Waals surface area contributed by atoms with Crippen molar-refractivity contribution in [1.82, 2.24) is 0 Å². The molecule has 0 aromatic heterocycles. The van der Waals surface area contributed by atoms with Gasteiger partial charge in [-0.15, -0.1) is 0 Å². The molecule has 1 fully saturated rings. The lowest BCUT2D eigenvalue weighted by Gasteiger charge is -2.15. The highest BCUT2D eigenvalue weighted by Gasteiger charge is 2.15. The number of aliphatic hydroxyl groups is 1. The second-order valence-electron chi connectivity index (χ2n) is 5.21. The first-order valence-electron chi connectivity index (χ1n) is 7.31. The molecule has 1 aromatic carbocycles. The van der Waals surface area contributed by atoms with E-state index in [1.165, 1.54) is 6.42 Å². The van der Waals surface area contributed by atoms with E-state index in [-0.39, 0.29) is 0 Å². The van der Waals surface area contributed by atoms with Crippen molar-refractivity contribution in [2.24, 2.45) is 0 Å². The van der Waals surface area contributed by atoms with Crippen LogP contribution in [0.4, 0.5) is 0 Å². The Morgan fingerprint density at radius 1 is 1.45 bits per heavy atom. The fourth-order valence-corrected chi connectivity index (χ4v) is 2.48. The highest BCUT2D eigenvalue weighted by atomic mass is 16.5. The van der Waals surface area contributed by atoms with Gasteiger partial charge in [0, 0.05) is 18.2 Å². The van der Waals surface area contributed by atoms with Gasteiger partial charge in [0.05, 0.1) is 25.9 Å². The Bertz CT molecular complexity index is 411. The lowest BCUT2D eigenvalue weighted by atomic mass is 10.1. The van der Waals surface area contributed by atoms with Crippen molar-refractivity contribution >= 4 is 0 Å². The first-order chi connectivity index (χ1) is 9.70. The molecule has 0 aliphatic carbocycles. The maximum Gasteiger partial charge on any atom is 0.128 e. The molecule has 0 spiro atoms. The number of aliphatic hydroxyl groups excluding tert-OH is 1. The van der Waals surface area contributed by atoms with Crippen LogP contribution in [0.2, 0.25) is 0 Å². The Kier molecular flexibility index (Phi) is 5.68. The minimum absolute atomic E-state index is 0.403. The Labute approximate surface area is 120 Å². The van der Waals surface area contributed by atoms with Gasteiger partial charge in [-0.1, -0.05) is 0 Å². The molecule has 1 saturated heterocycles. The molecule has 2 unspecified atom stereocenters.